The van der Waals surface area contributed by atoms with E-state index in [0.717, 1.165) is 26.7 Å². The maximum atomic E-state index is 13.4. The first-order valence-electron chi connectivity index (χ1n) is 12.1. The number of alkyl halides is 3. The summed E-state index contributed by atoms with van der Waals surface area (Å²) in [4.78, 5) is 26.0. The molecule has 0 unspecified atom stereocenters. The fourth-order valence-corrected chi connectivity index (χ4v) is 5.43. The number of halogens is 3. The normalized spacial score (nSPS) is 20.3. The summed E-state index contributed by atoms with van der Waals surface area (Å²) in [5.41, 5.74) is 2.72. The minimum atomic E-state index is -4.56. The van der Waals surface area contributed by atoms with Gasteiger partial charge in [-0.1, -0.05) is 6.92 Å². The van der Waals surface area contributed by atoms with Crippen LogP contribution < -0.4 is 4.90 Å². The Morgan fingerprint density at radius 2 is 1.95 bits per heavy atom. The fourth-order valence-electron chi connectivity index (χ4n) is 5.43. The lowest BCUT2D eigenvalue weighted by molar-refractivity contribution is -0.148. The van der Waals surface area contributed by atoms with Gasteiger partial charge in [0.05, 0.1) is 18.3 Å². The number of hydrogen-bond acceptors (Lipinski definition) is 7. The van der Waals surface area contributed by atoms with E-state index in [1.165, 1.54) is 6.26 Å². The van der Waals surface area contributed by atoms with Gasteiger partial charge < -0.3 is 18.8 Å². The number of oxazole rings is 1. The maximum Gasteiger partial charge on any atom is 0.451 e. The molecule has 1 saturated heterocycles. The highest BCUT2D eigenvalue weighted by molar-refractivity contribution is 5.93. The van der Waals surface area contributed by atoms with Gasteiger partial charge >= 0.3 is 6.18 Å². The molecule has 1 amide bonds. The second-order valence-corrected chi connectivity index (χ2v) is 9.57. The molecule has 0 spiro atoms. The van der Waals surface area contributed by atoms with E-state index >= 15 is 0 Å². The quantitative estimate of drug-likeness (QED) is 0.410. The highest BCUT2D eigenvalue weighted by Crippen LogP contribution is 2.35. The van der Waals surface area contributed by atoms with E-state index in [1.54, 1.807) is 17.3 Å². The largest absolute Gasteiger partial charge is 0.451 e. The molecule has 0 N–H and O–H groups in total. The standard InChI is InChI=1S/C25H24F3N7O2/c1-15-13-33(20-4-6-29-19-12-16(2-3-18(19)20)22-30-7-11-37-22)8-5-17(15)23(36)34-9-10-35-21(14-34)31-32-24(35)25(26,27)28/h2-4,6-7,11-12,15,17H,5,8-10,13-14H2,1H3/t15-,17+/m1/s1. The molecule has 1 fully saturated rings. The van der Waals surface area contributed by atoms with Crippen molar-refractivity contribution in [3.8, 4) is 11.5 Å². The Hall–Kier alpha value is -3.96. The predicted octanol–water partition coefficient (Wildman–Crippen LogP) is 4.00. The SMILES string of the molecule is C[C@@H]1CN(c2ccnc3cc(-c4ncco4)ccc23)CC[C@@H]1C(=O)N1CCn2c(nnc2C(F)(F)F)C1. The number of rotatable bonds is 3. The molecule has 1 aromatic carbocycles. The van der Waals surface area contributed by atoms with Gasteiger partial charge in [0.15, 0.2) is 5.82 Å². The Bertz CT molecular complexity index is 1450. The number of benzene rings is 1. The number of carbonyl (C=O) groups is 1. The molecule has 9 nitrogen and oxygen atoms in total. The van der Waals surface area contributed by atoms with Gasteiger partial charge in [-0.25, -0.2) is 4.98 Å². The number of piperidine rings is 1. The molecule has 0 bridgehead atoms. The van der Waals surface area contributed by atoms with Crippen LogP contribution in [0.3, 0.4) is 0 Å². The van der Waals surface area contributed by atoms with Crippen molar-refractivity contribution in [3.63, 3.8) is 0 Å². The van der Waals surface area contributed by atoms with Crippen molar-refractivity contribution in [2.24, 2.45) is 11.8 Å². The van der Waals surface area contributed by atoms with Crippen LogP contribution in [0.1, 0.15) is 25.0 Å². The molecule has 5 heterocycles. The van der Waals surface area contributed by atoms with Crippen molar-refractivity contribution >= 4 is 22.5 Å². The van der Waals surface area contributed by atoms with E-state index in [4.69, 9.17) is 4.42 Å². The van der Waals surface area contributed by atoms with Crippen LogP contribution in [-0.4, -0.2) is 55.2 Å². The third-order valence-electron chi connectivity index (χ3n) is 7.28. The topological polar surface area (TPSA) is 93.2 Å². The molecule has 4 aromatic rings. The van der Waals surface area contributed by atoms with Crippen LogP contribution in [0.4, 0.5) is 18.9 Å². The summed E-state index contributed by atoms with van der Waals surface area (Å²) in [6.45, 7) is 3.70. The van der Waals surface area contributed by atoms with Gasteiger partial charge in [-0.3, -0.25) is 9.78 Å². The smallest absolute Gasteiger partial charge is 0.445 e. The van der Waals surface area contributed by atoms with E-state index < -0.39 is 12.0 Å². The van der Waals surface area contributed by atoms with E-state index in [2.05, 4.69) is 25.1 Å². The van der Waals surface area contributed by atoms with Gasteiger partial charge in [-0.05, 0) is 36.6 Å². The van der Waals surface area contributed by atoms with Crippen molar-refractivity contribution in [1.29, 1.82) is 0 Å². The highest BCUT2D eigenvalue weighted by atomic mass is 19.4. The highest BCUT2D eigenvalue weighted by Gasteiger charge is 2.41. The van der Waals surface area contributed by atoms with Crippen LogP contribution in [0.25, 0.3) is 22.4 Å². The lowest BCUT2D eigenvalue weighted by Crippen LogP contribution is -2.49. The summed E-state index contributed by atoms with van der Waals surface area (Å²) in [6, 6.07) is 7.90. The number of aromatic nitrogens is 5. The van der Waals surface area contributed by atoms with Crippen LogP contribution >= 0.6 is 0 Å². The molecule has 2 aliphatic rings. The second kappa shape index (κ2) is 8.86. The Morgan fingerprint density at radius 3 is 2.70 bits per heavy atom. The number of anilines is 1. The number of nitrogens with zero attached hydrogens (tertiary/aromatic N) is 7. The zero-order valence-corrected chi connectivity index (χ0v) is 20.0. The first kappa shape index (κ1) is 23.4. The van der Waals surface area contributed by atoms with Crippen molar-refractivity contribution < 1.29 is 22.4 Å². The average Bonchev–Trinajstić information content (AvgIpc) is 3.57. The Kier molecular flexibility index (Phi) is 5.61. The number of pyridine rings is 1. The monoisotopic (exact) mass is 511 g/mol. The zero-order valence-electron chi connectivity index (χ0n) is 20.0. The molecule has 37 heavy (non-hydrogen) atoms. The predicted molar refractivity (Wildman–Crippen MR) is 127 cm³/mol. The Labute approximate surface area is 209 Å². The van der Waals surface area contributed by atoms with Crippen LogP contribution in [0.5, 0.6) is 0 Å². The first-order valence-corrected chi connectivity index (χ1v) is 12.1. The molecule has 12 heteroatoms. The third kappa shape index (κ3) is 4.19. The van der Waals surface area contributed by atoms with E-state index in [9.17, 15) is 18.0 Å². The molecule has 2 atom stereocenters. The lowest BCUT2D eigenvalue weighted by Gasteiger charge is -2.40. The Balaban J connectivity index is 1.16. The maximum absolute atomic E-state index is 13.4. The van der Waals surface area contributed by atoms with Gasteiger partial charge in [0.25, 0.3) is 0 Å². The van der Waals surface area contributed by atoms with E-state index in [1.807, 2.05) is 31.2 Å². The van der Waals surface area contributed by atoms with Crippen molar-refractivity contribution in [2.75, 3.05) is 24.5 Å². The summed E-state index contributed by atoms with van der Waals surface area (Å²) in [5, 5.41) is 8.01. The van der Waals surface area contributed by atoms with E-state index in [-0.39, 0.29) is 43.2 Å². The third-order valence-corrected chi connectivity index (χ3v) is 7.28. The summed E-state index contributed by atoms with van der Waals surface area (Å²) >= 11 is 0. The summed E-state index contributed by atoms with van der Waals surface area (Å²) in [7, 11) is 0. The molecular weight excluding hydrogens is 487 g/mol. The van der Waals surface area contributed by atoms with Crippen molar-refractivity contribution in [3.05, 3.63) is 54.6 Å². The molecule has 2 aliphatic heterocycles. The number of carbonyl (C=O) groups excluding carboxylic acids is 1. The van der Waals surface area contributed by atoms with Crippen LogP contribution in [0.15, 0.2) is 47.3 Å². The molecule has 0 aliphatic carbocycles. The van der Waals surface area contributed by atoms with Crippen LogP contribution in [-0.2, 0) is 24.1 Å². The summed E-state index contributed by atoms with van der Waals surface area (Å²) < 4.78 is 45.9. The molecule has 6 rings (SSSR count). The van der Waals surface area contributed by atoms with Gasteiger partial charge in [-0.2, -0.15) is 13.2 Å². The molecule has 0 radical (unpaired) electrons. The van der Waals surface area contributed by atoms with Gasteiger partial charge in [-0.15, -0.1) is 10.2 Å². The minimum absolute atomic E-state index is 0.0364. The fraction of sp³-hybridized carbons (Fsp3) is 0.400. The first-order chi connectivity index (χ1) is 17.8. The van der Waals surface area contributed by atoms with Crippen molar-refractivity contribution in [1.82, 2.24) is 29.6 Å². The second-order valence-electron chi connectivity index (χ2n) is 9.57. The van der Waals surface area contributed by atoms with Gasteiger partial charge in [0.1, 0.15) is 6.26 Å². The Morgan fingerprint density at radius 1 is 1.08 bits per heavy atom. The van der Waals surface area contributed by atoms with Gasteiger partial charge in [0.2, 0.25) is 17.6 Å². The molecule has 0 saturated carbocycles. The van der Waals surface area contributed by atoms with Crippen molar-refractivity contribution in [2.45, 2.75) is 32.6 Å². The minimum Gasteiger partial charge on any atom is -0.445 e. The van der Waals surface area contributed by atoms with Gasteiger partial charge in [0, 0.05) is 54.9 Å². The molecule has 192 valence electrons. The summed E-state index contributed by atoms with van der Waals surface area (Å²) in [6.07, 6.45) is 0.996. The summed E-state index contributed by atoms with van der Waals surface area (Å²) in [5.74, 6) is -0.491. The number of hydrogen-bond donors (Lipinski definition) is 0. The van der Waals surface area contributed by atoms with Crippen LogP contribution in [0, 0.1) is 11.8 Å². The lowest BCUT2D eigenvalue weighted by atomic mass is 9.85. The molecular formula is C25H24F3N7O2. The number of amides is 1. The zero-order chi connectivity index (χ0) is 25.7. The molecule has 3 aromatic heterocycles. The number of fused-ring (bicyclic) bond motifs is 2. The van der Waals surface area contributed by atoms with E-state index in [0.29, 0.717) is 25.4 Å². The van der Waals surface area contributed by atoms with Crippen LogP contribution in [0.2, 0.25) is 0 Å². The average molecular weight is 512 g/mol.